The highest BCUT2D eigenvalue weighted by Gasteiger charge is 2.46. The molecule has 2 N–H and O–H groups in total. The smallest absolute Gasteiger partial charge is 0.257 e. The van der Waals surface area contributed by atoms with Gasteiger partial charge in [-0.15, -0.1) is 0 Å². The molecule has 5 rings (SSSR count). The number of benzene rings is 3. The van der Waals surface area contributed by atoms with Crippen LogP contribution in [0.1, 0.15) is 28.4 Å². The van der Waals surface area contributed by atoms with E-state index in [1.807, 2.05) is 24.3 Å². The summed E-state index contributed by atoms with van der Waals surface area (Å²) < 4.78 is 28.1. The van der Waals surface area contributed by atoms with Gasteiger partial charge in [0, 0.05) is 18.2 Å². The number of amides is 1. The zero-order chi connectivity index (χ0) is 21.5. The Kier molecular flexibility index (Phi) is 4.94. The lowest BCUT2D eigenvalue weighted by molar-refractivity contribution is 0.0696. The predicted molar refractivity (Wildman–Crippen MR) is 115 cm³/mol. The van der Waals surface area contributed by atoms with E-state index < -0.39 is 5.82 Å². The highest BCUT2D eigenvalue weighted by atomic mass is 19.1. The summed E-state index contributed by atoms with van der Waals surface area (Å²) in [5, 5.41) is 13.3. The molecular weight excluding hydrogens is 398 g/mol. The van der Waals surface area contributed by atoms with E-state index >= 15 is 0 Å². The lowest BCUT2D eigenvalue weighted by atomic mass is 9.82. The number of nitrogens with one attached hydrogen (secondary N) is 1. The fourth-order valence-corrected chi connectivity index (χ4v) is 4.93. The lowest BCUT2D eigenvalue weighted by Gasteiger charge is -2.39. The molecule has 4 nitrogen and oxygen atoms in total. The van der Waals surface area contributed by atoms with Crippen LogP contribution in [-0.2, 0) is 0 Å². The fraction of sp³-hybridized carbons (Fsp3) is 0.240. The van der Waals surface area contributed by atoms with Crippen LogP contribution < -0.4 is 5.32 Å². The van der Waals surface area contributed by atoms with Crippen LogP contribution in [0.3, 0.4) is 0 Å². The molecule has 1 amide bonds. The zero-order valence-electron chi connectivity index (χ0n) is 16.8. The van der Waals surface area contributed by atoms with Crippen LogP contribution in [0.5, 0.6) is 0 Å². The first-order valence-electron chi connectivity index (χ1n) is 10.4. The molecule has 0 radical (unpaired) electrons. The molecule has 2 heterocycles. The SMILES string of the molecule is O=C(c1ccccc1F)N1CC[C@@H]2[C@H]1c1cc(-c3cccc(F)c3)ccc1N[C@@H]2CO. The number of carbonyl (C=O) groups excluding carboxylic acids is 1. The molecular formula is C25H22F2N2O2. The Morgan fingerprint density at radius 1 is 1.03 bits per heavy atom. The van der Waals surface area contributed by atoms with E-state index in [1.54, 1.807) is 23.1 Å². The molecule has 3 atom stereocenters. The van der Waals surface area contributed by atoms with Gasteiger partial charge < -0.3 is 15.3 Å². The predicted octanol–water partition coefficient (Wildman–Crippen LogP) is 4.62. The fourth-order valence-electron chi connectivity index (χ4n) is 4.93. The summed E-state index contributed by atoms with van der Waals surface area (Å²) in [7, 11) is 0. The second kappa shape index (κ2) is 7.78. The molecule has 0 saturated carbocycles. The first-order valence-corrected chi connectivity index (χ1v) is 10.4. The molecule has 158 valence electrons. The number of aliphatic hydroxyl groups is 1. The summed E-state index contributed by atoms with van der Waals surface area (Å²) in [5.74, 6) is -1.22. The Morgan fingerprint density at radius 2 is 1.84 bits per heavy atom. The average Bonchev–Trinajstić information content (AvgIpc) is 3.24. The van der Waals surface area contributed by atoms with Crippen LogP contribution in [-0.4, -0.2) is 35.1 Å². The van der Waals surface area contributed by atoms with Gasteiger partial charge in [-0.3, -0.25) is 4.79 Å². The zero-order valence-corrected chi connectivity index (χ0v) is 16.8. The molecule has 0 aliphatic carbocycles. The third-order valence-electron chi connectivity index (χ3n) is 6.39. The highest BCUT2D eigenvalue weighted by molar-refractivity contribution is 5.95. The van der Waals surface area contributed by atoms with Crippen molar-refractivity contribution in [3.05, 3.63) is 89.5 Å². The van der Waals surface area contributed by atoms with Gasteiger partial charge in [-0.25, -0.2) is 8.78 Å². The van der Waals surface area contributed by atoms with Crippen LogP contribution >= 0.6 is 0 Å². The van der Waals surface area contributed by atoms with Gasteiger partial charge in [0.05, 0.1) is 24.3 Å². The van der Waals surface area contributed by atoms with E-state index in [-0.39, 0.29) is 41.9 Å². The summed E-state index contributed by atoms with van der Waals surface area (Å²) in [5.41, 5.74) is 3.36. The lowest BCUT2D eigenvalue weighted by Crippen LogP contribution is -2.43. The average molecular weight is 420 g/mol. The topological polar surface area (TPSA) is 52.6 Å². The minimum Gasteiger partial charge on any atom is -0.394 e. The molecule has 0 unspecified atom stereocenters. The summed E-state index contributed by atoms with van der Waals surface area (Å²) in [6, 6.07) is 17.6. The first kappa shape index (κ1) is 19.7. The minimum absolute atomic E-state index is 0.00372. The Bertz CT molecular complexity index is 1150. The number of anilines is 1. The van der Waals surface area contributed by atoms with Crippen molar-refractivity contribution in [1.29, 1.82) is 0 Å². The van der Waals surface area contributed by atoms with Crippen LogP contribution in [0.4, 0.5) is 14.5 Å². The molecule has 0 bridgehead atoms. The molecule has 2 aliphatic heterocycles. The van der Waals surface area contributed by atoms with Crippen LogP contribution in [0.25, 0.3) is 11.1 Å². The third kappa shape index (κ3) is 3.37. The maximum Gasteiger partial charge on any atom is 0.257 e. The van der Waals surface area contributed by atoms with Crippen molar-refractivity contribution >= 4 is 11.6 Å². The molecule has 0 aromatic heterocycles. The van der Waals surface area contributed by atoms with Gasteiger partial charge in [0.25, 0.3) is 5.91 Å². The van der Waals surface area contributed by atoms with Crippen molar-refractivity contribution < 1.29 is 18.7 Å². The molecule has 6 heteroatoms. The van der Waals surface area contributed by atoms with Gasteiger partial charge in [-0.05, 0) is 59.5 Å². The number of hydrogen-bond donors (Lipinski definition) is 2. The van der Waals surface area contributed by atoms with Crippen molar-refractivity contribution in [3.63, 3.8) is 0 Å². The van der Waals surface area contributed by atoms with Crippen molar-refractivity contribution in [2.75, 3.05) is 18.5 Å². The maximum atomic E-state index is 14.3. The Morgan fingerprint density at radius 3 is 2.61 bits per heavy atom. The second-order valence-corrected chi connectivity index (χ2v) is 8.12. The van der Waals surface area contributed by atoms with Gasteiger partial charge >= 0.3 is 0 Å². The van der Waals surface area contributed by atoms with E-state index in [4.69, 9.17) is 0 Å². The van der Waals surface area contributed by atoms with E-state index in [9.17, 15) is 18.7 Å². The number of nitrogens with zero attached hydrogens (tertiary/aromatic N) is 1. The van der Waals surface area contributed by atoms with Crippen molar-refractivity contribution in [2.45, 2.75) is 18.5 Å². The van der Waals surface area contributed by atoms with Crippen LogP contribution in [0.15, 0.2) is 66.7 Å². The van der Waals surface area contributed by atoms with Crippen LogP contribution in [0, 0.1) is 17.6 Å². The number of carbonyl (C=O) groups is 1. The van der Waals surface area contributed by atoms with Crippen molar-refractivity contribution in [2.24, 2.45) is 5.92 Å². The molecule has 2 aliphatic rings. The van der Waals surface area contributed by atoms with Gasteiger partial charge in [-0.2, -0.15) is 0 Å². The Hall–Kier alpha value is -3.25. The van der Waals surface area contributed by atoms with Crippen LogP contribution in [0.2, 0.25) is 0 Å². The summed E-state index contributed by atoms with van der Waals surface area (Å²) in [6.45, 7) is 0.415. The number of fused-ring (bicyclic) bond motifs is 3. The minimum atomic E-state index is -0.544. The normalized spacial score (nSPS) is 21.9. The van der Waals surface area contributed by atoms with Gasteiger partial charge in [-0.1, -0.05) is 30.3 Å². The monoisotopic (exact) mass is 420 g/mol. The molecule has 31 heavy (non-hydrogen) atoms. The van der Waals surface area contributed by atoms with E-state index in [2.05, 4.69) is 5.32 Å². The first-order chi connectivity index (χ1) is 15.1. The third-order valence-corrected chi connectivity index (χ3v) is 6.39. The second-order valence-electron chi connectivity index (χ2n) is 8.12. The number of aliphatic hydroxyl groups excluding tert-OH is 1. The summed E-state index contributed by atoms with van der Waals surface area (Å²) >= 11 is 0. The Balaban J connectivity index is 1.59. The number of likely N-dealkylation sites (tertiary alicyclic amines) is 1. The maximum absolute atomic E-state index is 14.3. The summed E-state index contributed by atoms with van der Waals surface area (Å²) in [6.07, 6.45) is 0.701. The molecule has 1 fully saturated rings. The number of hydrogen-bond acceptors (Lipinski definition) is 3. The molecule has 3 aromatic carbocycles. The van der Waals surface area contributed by atoms with Crippen molar-refractivity contribution in [3.8, 4) is 11.1 Å². The molecule has 3 aromatic rings. The quantitative estimate of drug-likeness (QED) is 0.650. The highest BCUT2D eigenvalue weighted by Crippen LogP contribution is 2.47. The van der Waals surface area contributed by atoms with Gasteiger partial charge in [0.1, 0.15) is 11.6 Å². The molecule has 1 saturated heterocycles. The van der Waals surface area contributed by atoms with E-state index in [0.717, 1.165) is 22.4 Å². The standard InChI is InChI=1S/C25H22F2N2O2/c26-17-5-3-4-15(12-17)16-8-9-22-20(13-16)24-19(23(14-30)28-22)10-11-29(24)25(31)18-6-1-2-7-21(18)27/h1-9,12-13,19,23-24,28,30H,10-11,14H2/t19-,23+,24-/m0/s1. The largest absolute Gasteiger partial charge is 0.394 e. The van der Waals surface area contributed by atoms with Gasteiger partial charge in [0.15, 0.2) is 0 Å². The summed E-state index contributed by atoms with van der Waals surface area (Å²) in [4.78, 5) is 15.0. The van der Waals surface area contributed by atoms with E-state index in [1.165, 1.54) is 24.3 Å². The number of rotatable bonds is 3. The number of halogens is 2. The van der Waals surface area contributed by atoms with Gasteiger partial charge in [0.2, 0.25) is 0 Å². The van der Waals surface area contributed by atoms with Crippen molar-refractivity contribution in [1.82, 2.24) is 4.90 Å². The van der Waals surface area contributed by atoms with E-state index in [0.29, 0.717) is 13.0 Å². The Labute approximate surface area is 179 Å². The molecule has 0 spiro atoms.